The van der Waals surface area contributed by atoms with Gasteiger partial charge in [0.2, 0.25) is 0 Å². The topological polar surface area (TPSA) is 80.4 Å². The van der Waals surface area contributed by atoms with Crippen molar-refractivity contribution in [3.63, 3.8) is 0 Å². The van der Waals surface area contributed by atoms with Crippen LogP contribution in [0.3, 0.4) is 0 Å². The van der Waals surface area contributed by atoms with E-state index in [2.05, 4.69) is 23.2 Å². The number of aromatic nitrogens is 1. The van der Waals surface area contributed by atoms with Crippen molar-refractivity contribution in [3.05, 3.63) is 81.1 Å². The molecule has 2 aromatic carbocycles. The minimum atomic E-state index is -0.720. The lowest BCUT2D eigenvalue weighted by molar-refractivity contribution is 0.606. The standard InChI is InChI=1S/C24H23N3O/c1-3-19-13-20-9-10-21(14-22(20)27-23(19)28)24(2,16-26)15-18-7-4-6-17(12-18)8-5-11-25/h4,6-7,9-10,12-14H,3,5,8,15H2,1-2H3,(H,27,28). The van der Waals surface area contributed by atoms with Gasteiger partial charge in [0, 0.05) is 17.5 Å². The third-order valence-corrected chi connectivity index (χ3v) is 5.26. The predicted molar refractivity (Wildman–Crippen MR) is 111 cm³/mol. The summed E-state index contributed by atoms with van der Waals surface area (Å²) in [4.78, 5) is 15.1. The Kier molecular flexibility index (Phi) is 5.62. The molecule has 4 heteroatoms. The number of hydrogen-bond acceptors (Lipinski definition) is 3. The van der Waals surface area contributed by atoms with Crippen LogP contribution in [0.25, 0.3) is 10.9 Å². The number of hydrogen-bond donors (Lipinski definition) is 1. The monoisotopic (exact) mass is 369 g/mol. The van der Waals surface area contributed by atoms with E-state index in [9.17, 15) is 10.1 Å². The first kappa shape index (κ1) is 19.4. The van der Waals surface area contributed by atoms with Crippen LogP contribution in [0.2, 0.25) is 0 Å². The smallest absolute Gasteiger partial charge is 0.251 e. The summed E-state index contributed by atoms with van der Waals surface area (Å²) in [6, 6.07) is 20.5. The maximum Gasteiger partial charge on any atom is 0.251 e. The molecule has 0 amide bonds. The number of fused-ring (bicyclic) bond motifs is 1. The number of rotatable bonds is 6. The van der Waals surface area contributed by atoms with Crippen molar-refractivity contribution in [2.45, 2.75) is 44.9 Å². The molecule has 0 fully saturated rings. The zero-order chi connectivity index (χ0) is 20.1. The van der Waals surface area contributed by atoms with Crippen LogP contribution in [0.4, 0.5) is 0 Å². The van der Waals surface area contributed by atoms with Crippen LogP contribution in [0.15, 0.2) is 53.3 Å². The number of H-pyrrole nitrogens is 1. The Morgan fingerprint density at radius 2 is 1.86 bits per heavy atom. The van der Waals surface area contributed by atoms with Crippen LogP contribution in [0.5, 0.6) is 0 Å². The van der Waals surface area contributed by atoms with E-state index in [0.717, 1.165) is 33.2 Å². The molecule has 1 unspecified atom stereocenters. The number of benzene rings is 2. The molecule has 1 aromatic heterocycles. The number of nitrogens with zero attached hydrogens (tertiary/aromatic N) is 2. The first-order valence-electron chi connectivity index (χ1n) is 9.51. The maximum atomic E-state index is 12.2. The molecule has 0 aliphatic carbocycles. The van der Waals surface area contributed by atoms with Gasteiger partial charge in [-0.1, -0.05) is 43.3 Å². The van der Waals surface area contributed by atoms with Crippen molar-refractivity contribution < 1.29 is 0 Å². The van der Waals surface area contributed by atoms with Crippen molar-refractivity contribution in [1.82, 2.24) is 4.98 Å². The fourth-order valence-corrected chi connectivity index (χ4v) is 3.56. The largest absolute Gasteiger partial charge is 0.322 e. The number of nitriles is 2. The van der Waals surface area contributed by atoms with Gasteiger partial charge in [0.05, 0.1) is 17.6 Å². The average molecular weight is 369 g/mol. The summed E-state index contributed by atoms with van der Waals surface area (Å²) in [6.45, 7) is 3.89. The van der Waals surface area contributed by atoms with E-state index in [1.165, 1.54) is 0 Å². The molecule has 0 saturated heterocycles. The fraction of sp³-hybridized carbons (Fsp3) is 0.292. The Labute approximate surface area is 165 Å². The summed E-state index contributed by atoms with van der Waals surface area (Å²) in [5.41, 5.74) is 3.77. The second kappa shape index (κ2) is 8.11. The van der Waals surface area contributed by atoms with Gasteiger partial charge in [-0.05, 0) is 60.4 Å². The average Bonchev–Trinajstić information content (AvgIpc) is 2.71. The van der Waals surface area contributed by atoms with E-state index in [-0.39, 0.29) is 5.56 Å². The van der Waals surface area contributed by atoms with Gasteiger partial charge in [-0.2, -0.15) is 10.5 Å². The molecule has 4 nitrogen and oxygen atoms in total. The van der Waals surface area contributed by atoms with Crippen molar-refractivity contribution in [1.29, 1.82) is 10.5 Å². The Bertz CT molecular complexity index is 1150. The van der Waals surface area contributed by atoms with Crippen LogP contribution >= 0.6 is 0 Å². The molecule has 0 aliphatic rings. The summed E-state index contributed by atoms with van der Waals surface area (Å²) in [6.07, 6.45) is 2.44. The molecule has 3 rings (SSSR count). The molecule has 28 heavy (non-hydrogen) atoms. The summed E-state index contributed by atoms with van der Waals surface area (Å²) in [5.74, 6) is 0. The molecular formula is C24H23N3O. The highest BCUT2D eigenvalue weighted by Crippen LogP contribution is 2.30. The molecule has 3 aromatic rings. The van der Waals surface area contributed by atoms with Gasteiger partial charge in [0.15, 0.2) is 0 Å². The zero-order valence-corrected chi connectivity index (χ0v) is 16.2. The van der Waals surface area contributed by atoms with Gasteiger partial charge in [0.25, 0.3) is 5.56 Å². The molecule has 0 spiro atoms. The maximum absolute atomic E-state index is 12.2. The van der Waals surface area contributed by atoms with E-state index in [4.69, 9.17) is 5.26 Å². The van der Waals surface area contributed by atoms with Crippen LogP contribution in [0.1, 0.15) is 42.5 Å². The van der Waals surface area contributed by atoms with Crippen LogP contribution in [0, 0.1) is 22.7 Å². The van der Waals surface area contributed by atoms with E-state index < -0.39 is 5.41 Å². The molecule has 0 bridgehead atoms. The van der Waals surface area contributed by atoms with Crippen molar-refractivity contribution >= 4 is 10.9 Å². The lowest BCUT2D eigenvalue weighted by atomic mass is 9.78. The molecular weight excluding hydrogens is 346 g/mol. The van der Waals surface area contributed by atoms with Gasteiger partial charge >= 0.3 is 0 Å². The number of aromatic amines is 1. The lowest BCUT2D eigenvalue weighted by Crippen LogP contribution is -2.23. The van der Waals surface area contributed by atoms with Crippen LogP contribution < -0.4 is 5.56 Å². The second-order valence-corrected chi connectivity index (χ2v) is 7.38. The van der Waals surface area contributed by atoms with E-state index in [1.54, 1.807) is 0 Å². The van der Waals surface area contributed by atoms with E-state index >= 15 is 0 Å². The Morgan fingerprint density at radius 1 is 1.07 bits per heavy atom. The molecule has 1 N–H and O–H groups in total. The summed E-state index contributed by atoms with van der Waals surface area (Å²) < 4.78 is 0. The highest BCUT2D eigenvalue weighted by molar-refractivity contribution is 5.80. The van der Waals surface area contributed by atoms with Gasteiger partial charge < -0.3 is 4.98 Å². The second-order valence-electron chi connectivity index (χ2n) is 7.38. The quantitative estimate of drug-likeness (QED) is 0.691. The molecule has 1 heterocycles. The first-order valence-corrected chi connectivity index (χ1v) is 9.51. The minimum absolute atomic E-state index is 0.0731. The van der Waals surface area contributed by atoms with Crippen molar-refractivity contribution in [2.24, 2.45) is 0 Å². The van der Waals surface area contributed by atoms with E-state index in [0.29, 0.717) is 25.7 Å². The molecule has 0 radical (unpaired) electrons. The van der Waals surface area contributed by atoms with Crippen molar-refractivity contribution in [2.75, 3.05) is 0 Å². The Balaban J connectivity index is 1.96. The first-order chi connectivity index (χ1) is 13.5. The number of pyridine rings is 1. The Morgan fingerprint density at radius 3 is 2.57 bits per heavy atom. The van der Waals surface area contributed by atoms with Gasteiger partial charge in [-0.15, -0.1) is 0 Å². The highest BCUT2D eigenvalue weighted by Gasteiger charge is 2.27. The van der Waals surface area contributed by atoms with Crippen LogP contribution in [-0.2, 0) is 24.7 Å². The fourth-order valence-electron chi connectivity index (χ4n) is 3.56. The Hall–Kier alpha value is -3.37. The predicted octanol–water partition coefficient (Wildman–Crippen LogP) is 4.57. The minimum Gasteiger partial charge on any atom is -0.322 e. The normalized spacial score (nSPS) is 12.9. The number of nitrogens with one attached hydrogen (secondary N) is 1. The summed E-state index contributed by atoms with van der Waals surface area (Å²) in [7, 11) is 0. The number of aryl methyl sites for hydroxylation is 2. The highest BCUT2D eigenvalue weighted by atomic mass is 16.1. The molecule has 140 valence electrons. The lowest BCUT2D eigenvalue weighted by Gasteiger charge is -2.23. The van der Waals surface area contributed by atoms with Crippen LogP contribution in [-0.4, -0.2) is 4.98 Å². The van der Waals surface area contributed by atoms with Gasteiger partial charge in [0.1, 0.15) is 0 Å². The third kappa shape index (κ3) is 3.97. The molecule has 0 saturated carbocycles. The molecule has 1 atom stereocenters. The van der Waals surface area contributed by atoms with Gasteiger partial charge in [-0.25, -0.2) is 0 Å². The summed E-state index contributed by atoms with van der Waals surface area (Å²) in [5, 5.41) is 19.7. The third-order valence-electron chi connectivity index (χ3n) is 5.26. The zero-order valence-electron chi connectivity index (χ0n) is 16.2. The van der Waals surface area contributed by atoms with E-state index in [1.807, 2.05) is 56.3 Å². The molecule has 0 aliphatic heterocycles. The SMILES string of the molecule is CCc1cc2ccc(C(C)(C#N)Cc3cccc(CCC#N)c3)cc2[nH]c1=O. The summed E-state index contributed by atoms with van der Waals surface area (Å²) >= 11 is 0. The van der Waals surface area contributed by atoms with Gasteiger partial charge in [-0.3, -0.25) is 4.79 Å². The van der Waals surface area contributed by atoms with Crippen molar-refractivity contribution in [3.8, 4) is 12.1 Å².